The van der Waals surface area contributed by atoms with Crippen LogP contribution in [0.4, 0.5) is 11.4 Å². The number of halogens is 2. The first kappa shape index (κ1) is 36.3. The Kier molecular flexibility index (Phi) is 17.5. The lowest BCUT2D eigenvalue weighted by atomic mass is 10.2. The predicted octanol–water partition coefficient (Wildman–Crippen LogP) is 12.7. The standard InChI is InChI=1S/C38H42Br2N2O2S2/c39-33-13-17-35(18-14-33)41-29-31-9-21-37(22-10-31)43-25-5-1-3-7-27-45-46-28-8-4-2-6-26-44-38-23-11-32(12-24-38)30-42-36-19-15-34(40)16-20-36/h9-24,29-30H,1-8,25-28H2. The van der Waals surface area contributed by atoms with E-state index in [1.165, 1.54) is 50.0 Å². The molecule has 46 heavy (non-hydrogen) atoms. The fraction of sp³-hybridized carbons (Fsp3) is 0.316. The molecule has 242 valence electrons. The van der Waals surface area contributed by atoms with E-state index in [9.17, 15) is 0 Å². The van der Waals surface area contributed by atoms with Gasteiger partial charge in [-0.3, -0.25) is 9.98 Å². The average Bonchev–Trinajstić information content (AvgIpc) is 3.08. The first-order valence-electron chi connectivity index (χ1n) is 15.9. The van der Waals surface area contributed by atoms with E-state index in [1.54, 1.807) is 0 Å². The van der Waals surface area contributed by atoms with Crippen molar-refractivity contribution in [2.45, 2.75) is 51.4 Å². The highest BCUT2D eigenvalue weighted by Gasteiger charge is 1.99. The van der Waals surface area contributed by atoms with E-state index >= 15 is 0 Å². The molecule has 0 atom stereocenters. The maximum atomic E-state index is 5.92. The molecule has 0 radical (unpaired) electrons. The van der Waals surface area contributed by atoms with Crippen LogP contribution in [0.15, 0.2) is 116 Å². The third-order valence-electron chi connectivity index (χ3n) is 7.00. The molecular formula is C38H42Br2N2O2S2. The summed E-state index contributed by atoms with van der Waals surface area (Å²) < 4.78 is 14.0. The van der Waals surface area contributed by atoms with Crippen LogP contribution >= 0.6 is 53.4 Å². The highest BCUT2D eigenvalue weighted by molar-refractivity contribution is 9.10. The fourth-order valence-electron chi connectivity index (χ4n) is 4.38. The number of unbranched alkanes of at least 4 members (excludes halogenated alkanes) is 6. The summed E-state index contributed by atoms with van der Waals surface area (Å²) in [5.74, 6) is 4.31. The molecular weight excluding hydrogens is 740 g/mol. The summed E-state index contributed by atoms with van der Waals surface area (Å²) in [5.41, 5.74) is 4.00. The zero-order valence-electron chi connectivity index (χ0n) is 26.2. The Morgan fingerprint density at radius 2 is 0.826 bits per heavy atom. The van der Waals surface area contributed by atoms with Crippen LogP contribution in [0.1, 0.15) is 62.5 Å². The fourth-order valence-corrected chi connectivity index (χ4v) is 7.21. The Hall–Kier alpha value is -2.52. The third-order valence-corrected chi connectivity index (χ3v) is 10.6. The van der Waals surface area contributed by atoms with Gasteiger partial charge in [-0.05, 0) is 134 Å². The number of nitrogens with zero attached hydrogens (tertiary/aromatic N) is 2. The summed E-state index contributed by atoms with van der Waals surface area (Å²) in [4.78, 5) is 9.03. The summed E-state index contributed by atoms with van der Waals surface area (Å²) >= 11 is 6.90. The maximum absolute atomic E-state index is 5.92. The number of rotatable bonds is 21. The van der Waals surface area contributed by atoms with E-state index in [1.807, 2.05) is 131 Å². The zero-order chi connectivity index (χ0) is 32.1. The van der Waals surface area contributed by atoms with Gasteiger partial charge < -0.3 is 9.47 Å². The van der Waals surface area contributed by atoms with Gasteiger partial charge in [0, 0.05) is 32.9 Å². The van der Waals surface area contributed by atoms with Gasteiger partial charge in [0.2, 0.25) is 0 Å². The van der Waals surface area contributed by atoms with Gasteiger partial charge in [-0.15, -0.1) is 0 Å². The smallest absolute Gasteiger partial charge is 0.119 e. The molecule has 0 aliphatic heterocycles. The molecule has 4 aromatic rings. The highest BCUT2D eigenvalue weighted by atomic mass is 79.9. The molecule has 0 heterocycles. The Morgan fingerprint density at radius 1 is 0.457 bits per heavy atom. The minimum Gasteiger partial charge on any atom is -0.494 e. The van der Waals surface area contributed by atoms with Crippen LogP contribution in [-0.2, 0) is 0 Å². The van der Waals surface area contributed by atoms with Crippen LogP contribution in [0.2, 0.25) is 0 Å². The molecule has 0 aliphatic rings. The van der Waals surface area contributed by atoms with Gasteiger partial charge in [-0.2, -0.15) is 0 Å². The molecule has 4 nitrogen and oxygen atoms in total. The van der Waals surface area contributed by atoms with Crippen molar-refractivity contribution in [3.63, 3.8) is 0 Å². The maximum Gasteiger partial charge on any atom is 0.119 e. The van der Waals surface area contributed by atoms with Crippen molar-refractivity contribution in [3.8, 4) is 11.5 Å². The van der Waals surface area contributed by atoms with Crippen molar-refractivity contribution < 1.29 is 9.47 Å². The molecule has 0 aliphatic carbocycles. The lowest BCUT2D eigenvalue weighted by Crippen LogP contribution is -1.97. The SMILES string of the molecule is Brc1ccc(N=Cc2ccc(OCCCCCCSSCCCCCCOc3ccc(C=Nc4ccc(Br)cc4)cc3)cc2)cc1. The Balaban J connectivity index is 0.908. The molecule has 8 heteroatoms. The molecule has 4 aromatic carbocycles. The number of aliphatic imine (C=N–C) groups is 2. The first-order valence-corrected chi connectivity index (χ1v) is 20.0. The third kappa shape index (κ3) is 15.4. The summed E-state index contributed by atoms with van der Waals surface area (Å²) in [6.45, 7) is 1.55. The molecule has 0 saturated heterocycles. The number of hydrogen-bond donors (Lipinski definition) is 0. The van der Waals surface area contributed by atoms with Gasteiger partial charge in [0.15, 0.2) is 0 Å². The van der Waals surface area contributed by atoms with Crippen LogP contribution < -0.4 is 9.47 Å². The van der Waals surface area contributed by atoms with Crippen molar-refractivity contribution in [1.82, 2.24) is 0 Å². The largest absolute Gasteiger partial charge is 0.494 e. The van der Waals surface area contributed by atoms with Crippen LogP contribution in [0.25, 0.3) is 0 Å². The van der Waals surface area contributed by atoms with Crippen molar-refractivity contribution in [3.05, 3.63) is 117 Å². The van der Waals surface area contributed by atoms with Gasteiger partial charge in [-0.25, -0.2) is 0 Å². The highest BCUT2D eigenvalue weighted by Crippen LogP contribution is 2.25. The number of hydrogen-bond acceptors (Lipinski definition) is 6. The van der Waals surface area contributed by atoms with Gasteiger partial charge in [0.25, 0.3) is 0 Å². The lowest BCUT2D eigenvalue weighted by Gasteiger charge is -2.07. The zero-order valence-corrected chi connectivity index (χ0v) is 31.0. The van der Waals surface area contributed by atoms with Crippen LogP contribution in [-0.4, -0.2) is 37.1 Å². The van der Waals surface area contributed by atoms with Gasteiger partial charge in [0.05, 0.1) is 24.6 Å². The van der Waals surface area contributed by atoms with Crippen LogP contribution in [0.5, 0.6) is 11.5 Å². The van der Waals surface area contributed by atoms with E-state index < -0.39 is 0 Å². The number of ether oxygens (including phenoxy) is 2. The van der Waals surface area contributed by atoms with Gasteiger partial charge in [0.1, 0.15) is 11.5 Å². The molecule has 0 amide bonds. The molecule has 0 N–H and O–H groups in total. The quantitative estimate of drug-likeness (QED) is 0.0480. The second kappa shape index (κ2) is 22.1. The monoisotopic (exact) mass is 780 g/mol. The van der Waals surface area contributed by atoms with E-state index in [0.717, 1.165) is 69.0 Å². The van der Waals surface area contributed by atoms with E-state index in [-0.39, 0.29) is 0 Å². The second-order valence-electron chi connectivity index (χ2n) is 10.8. The Morgan fingerprint density at radius 3 is 1.22 bits per heavy atom. The van der Waals surface area contributed by atoms with Crippen molar-refractivity contribution in [1.29, 1.82) is 0 Å². The van der Waals surface area contributed by atoms with Gasteiger partial charge >= 0.3 is 0 Å². The molecule has 0 bridgehead atoms. The minimum atomic E-state index is 0.773. The molecule has 0 saturated carbocycles. The normalized spacial score (nSPS) is 11.4. The minimum absolute atomic E-state index is 0.773. The average molecular weight is 783 g/mol. The predicted molar refractivity (Wildman–Crippen MR) is 209 cm³/mol. The summed E-state index contributed by atoms with van der Waals surface area (Å²) in [7, 11) is 4.05. The van der Waals surface area contributed by atoms with Crippen LogP contribution in [0, 0.1) is 0 Å². The van der Waals surface area contributed by atoms with Gasteiger partial charge in [-0.1, -0.05) is 79.1 Å². The molecule has 0 unspecified atom stereocenters. The van der Waals surface area contributed by atoms with E-state index in [4.69, 9.17) is 9.47 Å². The van der Waals surface area contributed by atoms with Crippen molar-refractivity contribution in [2.75, 3.05) is 24.7 Å². The van der Waals surface area contributed by atoms with E-state index in [2.05, 4.69) is 41.8 Å². The lowest BCUT2D eigenvalue weighted by molar-refractivity contribution is 0.305. The van der Waals surface area contributed by atoms with Crippen molar-refractivity contribution in [2.24, 2.45) is 9.98 Å². The van der Waals surface area contributed by atoms with E-state index in [0.29, 0.717) is 0 Å². The first-order chi connectivity index (χ1) is 22.6. The Labute approximate surface area is 299 Å². The second-order valence-corrected chi connectivity index (χ2v) is 15.3. The molecule has 0 fully saturated rings. The molecule has 4 rings (SSSR count). The summed E-state index contributed by atoms with van der Waals surface area (Å²) in [5, 5.41) is 0. The Bertz CT molecular complexity index is 1330. The number of benzene rings is 4. The summed E-state index contributed by atoms with van der Waals surface area (Å²) in [6, 6.07) is 32.2. The summed E-state index contributed by atoms with van der Waals surface area (Å²) in [6.07, 6.45) is 13.5. The van der Waals surface area contributed by atoms with Crippen LogP contribution in [0.3, 0.4) is 0 Å². The van der Waals surface area contributed by atoms with Crippen molar-refractivity contribution >= 4 is 77.3 Å². The molecule has 0 spiro atoms. The topological polar surface area (TPSA) is 43.2 Å². The molecule has 0 aromatic heterocycles.